The van der Waals surface area contributed by atoms with Gasteiger partial charge in [0.15, 0.2) is 23.0 Å². The monoisotopic (exact) mass is 610 g/mol. The number of phenols is 4. The maximum absolute atomic E-state index is 9.97. The van der Waals surface area contributed by atoms with Crippen molar-refractivity contribution in [3.8, 4) is 34.5 Å². The van der Waals surface area contributed by atoms with E-state index in [4.69, 9.17) is 32.7 Å². The van der Waals surface area contributed by atoms with Crippen LogP contribution in [0.3, 0.4) is 0 Å². The van der Waals surface area contributed by atoms with Gasteiger partial charge in [0.25, 0.3) is 0 Å². The number of benzene rings is 4. The van der Waals surface area contributed by atoms with E-state index in [0.29, 0.717) is 32.7 Å². The summed E-state index contributed by atoms with van der Waals surface area (Å²) in [6.45, 7) is 0. The molecule has 4 aromatic carbocycles. The zero-order valence-electron chi connectivity index (χ0n) is 22.2. The Morgan fingerprint density at radius 3 is 1.34 bits per heavy atom. The predicted molar refractivity (Wildman–Crippen MR) is 167 cm³/mol. The van der Waals surface area contributed by atoms with Crippen molar-refractivity contribution in [3.63, 3.8) is 0 Å². The van der Waals surface area contributed by atoms with Crippen molar-refractivity contribution in [2.75, 3.05) is 14.2 Å². The standard InChI is InChI=1S/C32H28Cl2O6S/c1-39-21-7-9-23(25(33)17-21)31(13-5-19-3-11-27(35)29(37)15-19)41-32(24-10-8-22(40-2)18-26(24)34)14-6-20-4-12-28(36)30(38)16-20/h3-18,31-32,35-38H,1-2H3/b13-5-,14-6?. The Morgan fingerprint density at radius 2 is 1.00 bits per heavy atom. The van der Waals surface area contributed by atoms with E-state index in [1.807, 2.05) is 48.6 Å². The quantitative estimate of drug-likeness (QED) is 0.133. The van der Waals surface area contributed by atoms with Crippen molar-refractivity contribution < 1.29 is 29.9 Å². The second kappa shape index (κ2) is 13.6. The molecule has 0 aromatic heterocycles. The van der Waals surface area contributed by atoms with Crippen LogP contribution in [0.15, 0.2) is 84.9 Å². The van der Waals surface area contributed by atoms with Gasteiger partial charge >= 0.3 is 0 Å². The molecular weight excluding hydrogens is 583 g/mol. The van der Waals surface area contributed by atoms with Gasteiger partial charge in [-0.1, -0.05) is 71.8 Å². The SMILES string of the molecule is COc1ccc(C(C=Cc2ccc(O)c(O)c2)SC(/C=C\c2ccc(O)c(O)c2)c2ccc(OC)cc2Cl)c(Cl)c1. The second-order valence-electron chi connectivity index (χ2n) is 8.97. The van der Waals surface area contributed by atoms with Crippen LogP contribution in [0.4, 0.5) is 0 Å². The molecule has 2 atom stereocenters. The molecule has 0 saturated heterocycles. The van der Waals surface area contributed by atoms with Gasteiger partial charge in [-0.05, 0) is 70.8 Å². The Labute approximate surface area is 252 Å². The Balaban J connectivity index is 1.78. The second-order valence-corrected chi connectivity index (χ2v) is 11.1. The molecule has 0 aliphatic carbocycles. The lowest BCUT2D eigenvalue weighted by atomic mass is 10.1. The molecule has 9 heteroatoms. The molecule has 4 N–H and O–H groups in total. The van der Waals surface area contributed by atoms with Crippen LogP contribution in [0.1, 0.15) is 32.8 Å². The van der Waals surface area contributed by atoms with E-state index in [0.717, 1.165) is 11.1 Å². The summed E-state index contributed by atoms with van der Waals surface area (Å²) < 4.78 is 10.7. The fraction of sp³-hybridized carbons (Fsp3) is 0.125. The average Bonchev–Trinajstić information content (AvgIpc) is 2.96. The molecule has 0 aliphatic rings. The van der Waals surface area contributed by atoms with Gasteiger partial charge in [0.1, 0.15) is 11.5 Å². The van der Waals surface area contributed by atoms with Crippen LogP contribution in [0.25, 0.3) is 12.2 Å². The van der Waals surface area contributed by atoms with Gasteiger partial charge in [0.05, 0.1) is 24.7 Å². The highest BCUT2D eigenvalue weighted by Gasteiger charge is 2.22. The Bertz CT molecular complexity index is 1470. The summed E-state index contributed by atoms with van der Waals surface area (Å²) in [7, 11) is 3.14. The van der Waals surface area contributed by atoms with Gasteiger partial charge < -0.3 is 29.9 Å². The highest BCUT2D eigenvalue weighted by molar-refractivity contribution is 8.00. The number of ether oxygens (including phenoxy) is 2. The van der Waals surface area contributed by atoms with E-state index in [9.17, 15) is 20.4 Å². The van der Waals surface area contributed by atoms with Crippen LogP contribution in [0.2, 0.25) is 10.0 Å². The molecule has 41 heavy (non-hydrogen) atoms. The topological polar surface area (TPSA) is 99.4 Å². The summed E-state index contributed by atoms with van der Waals surface area (Å²) in [6.07, 6.45) is 7.58. The van der Waals surface area contributed by atoms with Crippen LogP contribution >= 0.6 is 35.0 Å². The highest BCUT2D eigenvalue weighted by atomic mass is 35.5. The van der Waals surface area contributed by atoms with Crippen molar-refractivity contribution in [2.45, 2.75) is 10.5 Å². The molecule has 4 rings (SSSR count). The minimum atomic E-state index is -0.301. The van der Waals surface area contributed by atoms with Crippen molar-refractivity contribution in [1.82, 2.24) is 0 Å². The molecule has 6 nitrogen and oxygen atoms in total. The van der Waals surface area contributed by atoms with Crippen molar-refractivity contribution in [2.24, 2.45) is 0 Å². The maximum atomic E-state index is 9.97. The third-order valence-corrected chi connectivity index (χ3v) is 8.31. The molecule has 0 amide bonds. The van der Waals surface area contributed by atoms with Gasteiger partial charge in [-0.3, -0.25) is 0 Å². The van der Waals surface area contributed by atoms with Crippen molar-refractivity contribution in [1.29, 1.82) is 0 Å². The van der Waals surface area contributed by atoms with Gasteiger partial charge in [0, 0.05) is 10.0 Å². The van der Waals surface area contributed by atoms with Crippen LogP contribution in [0, 0.1) is 0 Å². The van der Waals surface area contributed by atoms with Crippen molar-refractivity contribution >= 4 is 47.1 Å². The fourth-order valence-corrected chi connectivity index (χ4v) is 6.08. The van der Waals surface area contributed by atoms with Crippen LogP contribution < -0.4 is 9.47 Å². The van der Waals surface area contributed by atoms with E-state index in [1.165, 1.54) is 24.3 Å². The lowest BCUT2D eigenvalue weighted by Crippen LogP contribution is -1.99. The fourth-order valence-electron chi connectivity index (χ4n) is 4.02. The first kappa shape index (κ1) is 30.1. The highest BCUT2D eigenvalue weighted by Crippen LogP contribution is 2.47. The molecular formula is C32H28Cl2O6S. The Morgan fingerprint density at radius 1 is 0.585 bits per heavy atom. The number of halogens is 2. The normalized spacial score (nSPS) is 13.0. The summed E-state index contributed by atoms with van der Waals surface area (Å²) in [6, 6.07) is 20.1. The first-order valence-electron chi connectivity index (χ1n) is 12.4. The van der Waals surface area contributed by atoms with E-state index in [-0.39, 0.29) is 33.5 Å². The summed E-state index contributed by atoms with van der Waals surface area (Å²) in [4.78, 5) is 0. The third-order valence-electron chi connectivity index (χ3n) is 6.25. The van der Waals surface area contributed by atoms with Gasteiger partial charge in [0.2, 0.25) is 0 Å². The average molecular weight is 612 g/mol. The lowest BCUT2D eigenvalue weighted by molar-refractivity contribution is 0.403. The van der Waals surface area contributed by atoms with E-state index in [1.54, 1.807) is 50.2 Å². The number of hydrogen-bond acceptors (Lipinski definition) is 7. The summed E-state index contributed by atoms with van der Waals surface area (Å²) in [5.74, 6) is 0.397. The largest absolute Gasteiger partial charge is 0.504 e. The maximum Gasteiger partial charge on any atom is 0.157 e. The van der Waals surface area contributed by atoms with E-state index in [2.05, 4.69) is 0 Å². The minimum Gasteiger partial charge on any atom is -0.504 e. The van der Waals surface area contributed by atoms with Crippen LogP contribution in [-0.2, 0) is 0 Å². The van der Waals surface area contributed by atoms with Crippen LogP contribution in [-0.4, -0.2) is 34.6 Å². The summed E-state index contributed by atoms with van der Waals surface area (Å²) in [5, 5.41) is 39.8. The minimum absolute atomic E-state index is 0.203. The number of rotatable bonds is 10. The van der Waals surface area contributed by atoms with Crippen molar-refractivity contribution in [3.05, 3.63) is 117 Å². The van der Waals surface area contributed by atoms with E-state index >= 15 is 0 Å². The molecule has 0 saturated carbocycles. The molecule has 2 unspecified atom stereocenters. The summed E-state index contributed by atoms with van der Waals surface area (Å²) in [5.41, 5.74) is 3.01. The number of hydrogen-bond donors (Lipinski definition) is 4. The molecule has 0 fully saturated rings. The van der Waals surface area contributed by atoms with Gasteiger partial charge in [-0.25, -0.2) is 0 Å². The molecule has 212 valence electrons. The first-order valence-corrected chi connectivity index (χ1v) is 14.1. The molecule has 0 heterocycles. The van der Waals surface area contributed by atoms with Crippen LogP contribution in [0.5, 0.6) is 34.5 Å². The number of phenolic OH excluding ortho intramolecular Hbond substituents is 4. The smallest absolute Gasteiger partial charge is 0.157 e. The van der Waals surface area contributed by atoms with Gasteiger partial charge in [-0.2, -0.15) is 0 Å². The Kier molecular flexibility index (Phi) is 10.00. The lowest BCUT2D eigenvalue weighted by Gasteiger charge is -2.22. The molecule has 0 bridgehead atoms. The third kappa shape index (κ3) is 7.64. The predicted octanol–water partition coefficient (Wildman–Crippen LogP) is 8.78. The molecule has 0 radical (unpaired) electrons. The van der Waals surface area contributed by atoms with Gasteiger partial charge in [-0.15, -0.1) is 11.8 Å². The Hall–Kier alpha value is -3.91. The first-order chi connectivity index (χ1) is 19.7. The zero-order chi connectivity index (χ0) is 29.5. The molecule has 0 spiro atoms. The summed E-state index contributed by atoms with van der Waals surface area (Å²) >= 11 is 15.0. The molecule has 0 aliphatic heterocycles. The zero-order valence-corrected chi connectivity index (χ0v) is 24.5. The molecule has 4 aromatic rings. The van der Waals surface area contributed by atoms with E-state index < -0.39 is 0 Å². The number of thioether (sulfide) groups is 1. The number of methoxy groups -OCH3 is 2. The number of aromatic hydroxyl groups is 4.